The number of nitrogens with zero attached hydrogens (tertiary/aromatic N) is 1. The van der Waals surface area contributed by atoms with Crippen molar-refractivity contribution in [3.8, 4) is 10.6 Å². The Labute approximate surface area is 164 Å². The number of halogens is 3. The molecule has 152 valence electrons. The van der Waals surface area contributed by atoms with E-state index < -0.39 is 17.7 Å². The van der Waals surface area contributed by atoms with Crippen LogP contribution in [0.2, 0.25) is 0 Å². The second-order valence-electron chi connectivity index (χ2n) is 6.20. The molecule has 1 unspecified atom stereocenters. The van der Waals surface area contributed by atoms with Crippen molar-refractivity contribution in [2.45, 2.75) is 45.3 Å². The zero-order valence-corrected chi connectivity index (χ0v) is 16.1. The summed E-state index contributed by atoms with van der Waals surface area (Å²) in [5.41, 5.74) is 0.146. The van der Waals surface area contributed by atoms with Crippen LogP contribution in [-0.4, -0.2) is 30.5 Å². The van der Waals surface area contributed by atoms with E-state index >= 15 is 0 Å². The summed E-state index contributed by atoms with van der Waals surface area (Å²) in [4.78, 5) is 17.0. The van der Waals surface area contributed by atoms with Gasteiger partial charge in [0.25, 0.3) is 0 Å². The molecule has 0 aliphatic carbocycles. The molecule has 0 spiro atoms. The van der Waals surface area contributed by atoms with Gasteiger partial charge in [-0.15, -0.1) is 11.3 Å². The third-order valence-corrected chi connectivity index (χ3v) is 5.29. The highest BCUT2D eigenvalue weighted by Crippen LogP contribution is 2.33. The van der Waals surface area contributed by atoms with Crippen molar-refractivity contribution in [2.75, 3.05) is 13.2 Å². The number of esters is 1. The van der Waals surface area contributed by atoms with Crippen LogP contribution in [0.15, 0.2) is 24.3 Å². The van der Waals surface area contributed by atoms with E-state index in [9.17, 15) is 18.0 Å². The van der Waals surface area contributed by atoms with Crippen LogP contribution in [0.25, 0.3) is 10.6 Å². The Hall–Kier alpha value is -1.97. The van der Waals surface area contributed by atoms with Gasteiger partial charge in [0.1, 0.15) is 9.88 Å². The van der Waals surface area contributed by atoms with Crippen molar-refractivity contribution in [3.63, 3.8) is 0 Å². The van der Waals surface area contributed by atoms with Gasteiger partial charge in [-0.05, 0) is 38.3 Å². The molecule has 5 nitrogen and oxygen atoms in total. The predicted octanol–water partition coefficient (Wildman–Crippen LogP) is 5.05. The first-order valence-corrected chi connectivity index (χ1v) is 9.77. The van der Waals surface area contributed by atoms with Crippen molar-refractivity contribution in [3.05, 3.63) is 40.4 Å². The molecule has 1 atom stereocenters. The van der Waals surface area contributed by atoms with E-state index in [0.29, 0.717) is 22.9 Å². The van der Waals surface area contributed by atoms with Crippen LogP contribution in [0, 0.1) is 0 Å². The van der Waals surface area contributed by atoms with Crippen molar-refractivity contribution in [1.82, 2.24) is 4.98 Å². The minimum Gasteiger partial charge on any atom is -0.462 e. The molecule has 0 N–H and O–H groups in total. The van der Waals surface area contributed by atoms with Gasteiger partial charge in [0.15, 0.2) is 6.29 Å². The SMILES string of the molecule is CCOC(=O)c1sc(-c2ccc(C(F)(F)F)cc2)nc1COC1CCCCO1. The van der Waals surface area contributed by atoms with Gasteiger partial charge in [-0.2, -0.15) is 13.2 Å². The molecular weight excluding hydrogens is 395 g/mol. The van der Waals surface area contributed by atoms with Crippen LogP contribution in [0.5, 0.6) is 0 Å². The predicted molar refractivity (Wildman–Crippen MR) is 96.9 cm³/mol. The second kappa shape index (κ2) is 9.02. The van der Waals surface area contributed by atoms with E-state index in [1.54, 1.807) is 6.92 Å². The molecule has 1 saturated heterocycles. The summed E-state index contributed by atoms with van der Waals surface area (Å²) in [5.74, 6) is -0.527. The maximum absolute atomic E-state index is 12.8. The molecule has 0 radical (unpaired) electrons. The standard InChI is InChI=1S/C19H20F3NO4S/c1-2-25-18(24)16-14(11-27-15-5-3-4-10-26-15)23-17(28-16)12-6-8-13(9-7-12)19(20,21)22/h6-9,15H,2-5,10-11H2,1H3. The molecular formula is C19H20F3NO4S. The first-order valence-electron chi connectivity index (χ1n) is 8.96. The minimum absolute atomic E-state index is 0.0654. The van der Waals surface area contributed by atoms with E-state index in [1.807, 2.05) is 0 Å². The highest BCUT2D eigenvalue weighted by atomic mass is 32.1. The molecule has 1 aliphatic rings. The average Bonchev–Trinajstić information content (AvgIpc) is 3.11. The maximum atomic E-state index is 12.8. The monoisotopic (exact) mass is 415 g/mol. The average molecular weight is 415 g/mol. The number of hydrogen-bond donors (Lipinski definition) is 0. The molecule has 1 aliphatic heterocycles. The fraction of sp³-hybridized carbons (Fsp3) is 0.474. The number of aromatic nitrogens is 1. The van der Waals surface area contributed by atoms with Gasteiger partial charge in [-0.1, -0.05) is 12.1 Å². The number of carbonyl (C=O) groups excluding carboxylic acids is 1. The zero-order chi connectivity index (χ0) is 20.1. The molecule has 1 fully saturated rings. The summed E-state index contributed by atoms with van der Waals surface area (Å²) >= 11 is 1.07. The number of hydrogen-bond acceptors (Lipinski definition) is 6. The van der Waals surface area contributed by atoms with Crippen LogP contribution in [0.3, 0.4) is 0 Å². The van der Waals surface area contributed by atoms with Gasteiger partial charge >= 0.3 is 12.1 Å². The Morgan fingerprint density at radius 3 is 2.64 bits per heavy atom. The lowest BCUT2D eigenvalue weighted by atomic mass is 10.1. The number of ether oxygens (including phenoxy) is 3. The van der Waals surface area contributed by atoms with Crippen LogP contribution in [0.4, 0.5) is 13.2 Å². The third-order valence-electron chi connectivity index (χ3n) is 4.16. The summed E-state index contributed by atoms with van der Waals surface area (Å²) in [5, 5.41) is 0.431. The Morgan fingerprint density at radius 2 is 2.04 bits per heavy atom. The topological polar surface area (TPSA) is 57.7 Å². The Balaban J connectivity index is 1.82. The highest BCUT2D eigenvalue weighted by molar-refractivity contribution is 7.17. The van der Waals surface area contributed by atoms with Crippen LogP contribution >= 0.6 is 11.3 Å². The van der Waals surface area contributed by atoms with E-state index in [0.717, 1.165) is 42.7 Å². The molecule has 1 aromatic carbocycles. The Bertz CT molecular complexity index is 799. The minimum atomic E-state index is -4.41. The normalized spacial score (nSPS) is 17.5. The summed E-state index contributed by atoms with van der Waals surface area (Å²) in [7, 11) is 0. The van der Waals surface area contributed by atoms with Crippen LogP contribution in [0.1, 0.15) is 47.1 Å². The Morgan fingerprint density at radius 1 is 1.29 bits per heavy atom. The molecule has 9 heteroatoms. The number of benzene rings is 1. The fourth-order valence-electron chi connectivity index (χ4n) is 2.75. The van der Waals surface area contributed by atoms with Gasteiger partial charge < -0.3 is 14.2 Å². The second-order valence-corrected chi connectivity index (χ2v) is 7.20. The lowest BCUT2D eigenvalue weighted by Crippen LogP contribution is -2.22. The zero-order valence-electron chi connectivity index (χ0n) is 15.3. The van der Waals surface area contributed by atoms with Gasteiger partial charge in [0, 0.05) is 12.2 Å². The molecule has 0 saturated carbocycles. The molecule has 28 heavy (non-hydrogen) atoms. The van der Waals surface area contributed by atoms with Crippen molar-refractivity contribution in [1.29, 1.82) is 0 Å². The lowest BCUT2D eigenvalue weighted by Gasteiger charge is -2.22. The quantitative estimate of drug-likeness (QED) is 0.618. The fourth-order valence-corrected chi connectivity index (χ4v) is 3.71. The van der Waals surface area contributed by atoms with E-state index in [1.165, 1.54) is 12.1 Å². The van der Waals surface area contributed by atoms with E-state index in [-0.39, 0.29) is 24.4 Å². The van der Waals surface area contributed by atoms with Crippen molar-refractivity contribution >= 4 is 17.3 Å². The largest absolute Gasteiger partial charge is 0.462 e. The third kappa shape index (κ3) is 5.09. The summed E-state index contributed by atoms with van der Waals surface area (Å²) in [6.07, 6.45) is -1.99. The molecule has 3 rings (SSSR count). The first-order chi connectivity index (χ1) is 13.4. The summed E-state index contributed by atoms with van der Waals surface area (Å²) in [6, 6.07) is 4.66. The number of rotatable bonds is 6. The summed E-state index contributed by atoms with van der Waals surface area (Å²) in [6.45, 7) is 2.60. The highest BCUT2D eigenvalue weighted by Gasteiger charge is 2.30. The number of alkyl halides is 3. The summed E-state index contributed by atoms with van der Waals surface area (Å²) < 4.78 is 54.6. The van der Waals surface area contributed by atoms with Crippen molar-refractivity contribution < 1.29 is 32.2 Å². The smallest absolute Gasteiger partial charge is 0.416 e. The van der Waals surface area contributed by atoms with Crippen LogP contribution in [-0.2, 0) is 27.0 Å². The van der Waals surface area contributed by atoms with Gasteiger partial charge in [0.2, 0.25) is 0 Å². The maximum Gasteiger partial charge on any atom is 0.416 e. The van der Waals surface area contributed by atoms with Crippen LogP contribution < -0.4 is 0 Å². The van der Waals surface area contributed by atoms with E-state index in [2.05, 4.69) is 4.98 Å². The van der Waals surface area contributed by atoms with Gasteiger partial charge in [-0.25, -0.2) is 9.78 Å². The molecule has 1 aromatic heterocycles. The molecule has 2 aromatic rings. The van der Waals surface area contributed by atoms with Gasteiger partial charge in [-0.3, -0.25) is 0 Å². The van der Waals surface area contributed by atoms with Crippen molar-refractivity contribution in [2.24, 2.45) is 0 Å². The molecule has 0 bridgehead atoms. The number of carbonyl (C=O) groups is 1. The molecule has 0 amide bonds. The number of thiazole rings is 1. The van der Waals surface area contributed by atoms with Gasteiger partial charge in [0.05, 0.1) is 24.5 Å². The first kappa shape index (κ1) is 20.8. The Kier molecular flexibility index (Phi) is 6.69. The molecule has 2 heterocycles. The van der Waals surface area contributed by atoms with E-state index in [4.69, 9.17) is 14.2 Å². The lowest BCUT2D eigenvalue weighted by molar-refractivity contribution is -0.169.